The molecule has 0 bridgehead atoms. The van der Waals surface area contributed by atoms with Crippen molar-refractivity contribution in [3.8, 4) is 0 Å². The molecule has 1 aliphatic heterocycles. The maximum atomic E-state index is 5.54. The molecule has 1 aliphatic rings. The van der Waals surface area contributed by atoms with Gasteiger partial charge in [0.1, 0.15) is 0 Å². The lowest BCUT2D eigenvalue weighted by Gasteiger charge is -2.18. The second-order valence-corrected chi connectivity index (χ2v) is 5.55. The van der Waals surface area contributed by atoms with Crippen LogP contribution >= 0.6 is 0 Å². The van der Waals surface area contributed by atoms with Gasteiger partial charge in [-0.25, -0.2) is 0 Å². The van der Waals surface area contributed by atoms with E-state index in [0.29, 0.717) is 12.4 Å². The minimum absolute atomic E-state index is 0.0587. The molecule has 17 heavy (non-hydrogen) atoms. The molecule has 1 N–H and O–H groups in total. The average Bonchev–Trinajstić information content (AvgIpc) is 2.86. The minimum atomic E-state index is 0.0587. The van der Waals surface area contributed by atoms with Crippen molar-refractivity contribution < 1.29 is 9.26 Å². The monoisotopic (exact) mass is 239 g/mol. The number of hydrogen-bond acceptors (Lipinski definition) is 5. The molecule has 5 nitrogen and oxygen atoms in total. The predicted molar refractivity (Wildman–Crippen MR) is 63.6 cm³/mol. The zero-order chi connectivity index (χ0) is 12.3. The second-order valence-electron chi connectivity index (χ2n) is 5.55. The molecule has 1 atom stereocenters. The molecule has 1 aromatic rings. The van der Waals surface area contributed by atoms with Gasteiger partial charge in [0.15, 0.2) is 5.82 Å². The Bertz CT molecular complexity index is 351. The maximum absolute atomic E-state index is 5.54. The molecule has 1 saturated heterocycles. The Morgan fingerprint density at radius 2 is 2.24 bits per heavy atom. The number of ether oxygens (including phenoxy) is 1. The number of hydrogen-bond donors (Lipinski definition) is 1. The molecule has 0 radical (unpaired) electrons. The third-order valence-corrected chi connectivity index (χ3v) is 2.71. The van der Waals surface area contributed by atoms with Crippen LogP contribution in [0.15, 0.2) is 4.52 Å². The van der Waals surface area contributed by atoms with Crippen LogP contribution in [0.3, 0.4) is 0 Å². The van der Waals surface area contributed by atoms with Gasteiger partial charge in [0, 0.05) is 18.6 Å². The highest BCUT2D eigenvalue weighted by Gasteiger charge is 2.19. The summed E-state index contributed by atoms with van der Waals surface area (Å²) in [6.45, 7) is 7.80. The van der Waals surface area contributed by atoms with E-state index < -0.39 is 0 Å². The van der Waals surface area contributed by atoms with E-state index in [1.807, 2.05) is 0 Å². The van der Waals surface area contributed by atoms with Crippen LogP contribution in [0, 0.1) is 0 Å². The van der Waals surface area contributed by atoms with Crippen molar-refractivity contribution >= 4 is 0 Å². The zero-order valence-electron chi connectivity index (χ0n) is 10.8. The average molecular weight is 239 g/mol. The molecule has 96 valence electrons. The highest BCUT2D eigenvalue weighted by molar-refractivity contribution is 4.90. The molecular formula is C12H21N3O2. The van der Waals surface area contributed by atoms with Gasteiger partial charge in [0.2, 0.25) is 5.89 Å². The summed E-state index contributed by atoms with van der Waals surface area (Å²) in [7, 11) is 0. The van der Waals surface area contributed by atoms with Crippen LogP contribution in [0.25, 0.3) is 0 Å². The van der Waals surface area contributed by atoms with Gasteiger partial charge in [0.25, 0.3) is 0 Å². The van der Waals surface area contributed by atoms with E-state index in [4.69, 9.17) is 9.26 Å². The predicted octanol–water partition coefficient (Wildman–Crippen LogP) is 1.68. The largest absolute Gasteiger partial charge is 0.378 e. The summed E-state index contributed by atoms with van der Waals surface area (Å²) in [5.41, 5.74) is 0.0587. The molecule has 0 spiro atoms. The zero-order valence-corrected chi connectivity index (χ0v) is 10.8. The van der Waals surface area contributed by atoms with Crippen molar-refractivity contribution in [2.75, 3.05) is 6.61 Å². The van der Waals surface area contributed by atoms with Crippen molar-refractivity contribution in [2.24, 2.45) is 0 Å². The Kier molecular flexibility index (Phi) is 3.79. The Morgan fingerprint density at radius 3 is 2.88 bits per heavy atom. The first-order valence-electron chi connectivity index (χ1n) is 6.21. The van der Waals surface area contributed by atoms with E-state index in [9.17, 15) is 0 Å². The molecule has 1 aromatic heterocycles. The number of aromatic nitrogens is 2. The number of nitrogens with one attached hydrogen (secondary N) is 1. The van der Waals surface area contributed by atoms with Crippen molar-refractivity contribution in [3.63, 3.8) is 0 Å². The molecule has 0 aliphatic carbocycles. The SMILES string of the molecule is CC(C)(C)NCc1nc(CC2CCCO2)no1. The first kappa shape index (κ1) is 12.5. The smallest absolute Gasteiger partial charge is 0.240 e. The fourth-order valence-corrected chi connectivity index (χ4v) is 1.79. The summed E-state index contributed by atoms with van der Waals surface area (Å²) >= 11 is 0. The quantitative estimate of drug-likeness (QED) is 0.866. The topological polar surface area (TPSA) is 60.2 Å². The van der Waals surface area contributed by atoms with Gasteiger partial charge in [-0.15, -0.1) is 0 Å². The summed E-state index contributed by atoms with van der Waals surface area (Å²) in [4.78, 5) is 4.36. The van der Waals surface area contributed by atoms with E-state index in [1.165, 1.54) is 0 Å². The van der Waals surface area contributed by atoms with E-state index >= 15 is 0 Å². The summed E-state index contributed by atoms with van der Waals surface area (Å²) < 4.78 is 10.7. The number of rotatable bonds is 4. The maximum Gasteiger partial charge on any atom is 0.240 e. The second kappa shape index (κ2) is 5.14. The fraction of sp³-hybridized carbons (Fsp3) is 0.833. The Morgan fingerprint density at radius 1 is 1.41 bits per heavy atom. The van der Waals surface area contributed by atoms with Crippen molar-refractivity contribution in [1.82, 2.24) is 15.5 Å². The van der Waals surface area contributed by atoms with Crippen LogP contribution in [0.1, 0.15) is 45.3 Å². The molecule has 1 unspecified atom stereocenters. The summed E-state index contributed by atoms with van der Waals surface area (Å²) in [6.07, 6.45) is 3.28. The highest BCUT2D eigenvalue weighted by Crippen LogP contribution is 2.15. The van der Waals surface area contributed by atoms with E-state index in [0.717, 1.165) is 31.7 Å². The van der Waals surface area contributed by atoms with Gasteiger partial charge >= 0.3 is 0 Å². The molecule has 0 saturated carbocycles. The normalized spacial score (nSPS) is 21.0. The van der Waals surface area contributed by atoms with Crippen LogP contribution in [0.2, 0.25) is 0 Å². The highest BCUT2D eigenvalue weighted by atomic mass is 16.5. The molecule has 5 heteroatoms. The van der Waals surface area contributed by atoms with Gasteiger partial charge in [0.05, 0.1) is 12.6 Å². The van der Waals surface area contributed by atoms with Gasteiger partial charge < -0.3 is 14.6 Å². The fourth-order valence-electron chi connectivity index (χ4n) is 1.79. The molecular weight excluding hydrogens is 218 g/mol. The molecule has 1 fully saturated rings. The Hall–Kier alpha value is -0.940. The van der Waals surface area contributed by atoms with Crippen molar-refractivity contribution in [3.05, 3.63) is 11.7 Å². The van der Waals surface area contributed by atoms with Gasteiger partial charge in [-0.1, -0.05) is 5.16 Å². The molecule has 2 heterocycles. The molecule has 2 rings (SSSR count). The minimum Gasteiger partial charge on any atom is -0.378 e. The first-order chi connectivity index (χ1) is 8.03. The van der Waals surface area contributed by atoms with Gasteiger partial charge in [-0.2, -0.15) is 4.98 Å². The van der Waals surface area contributed by atoms with Crippen molar-refractivity contribution in [2.45, 2.75) is 58.2 Å². The lowest BCUT2D eigenvalue weighted by molar-refractivity contribution is 0.109. The molecule has 0 aromatic carbocycles. The number of nitrogens with zero attached hydrogens (tertiary/aromatic N) is 2. The Labute approximate surface area is 102 Å². The van der Waals surface area contributed by atoms with Crippen LogP contribution in [0.4, 0.5) is 0 Å². The molecule has 0 amide bonds. The lowest BCUT2D eigenvalue weighted by atomic mass is 10.1. The van der Waals surface area contributed by atoms with E-state index in [1.54, 1.807) is 0 Å². The summed E-state index contributed by atoms with van der Waals surface area (Å²) in [6, 6.07) is 0. The lowest BCUT2D eigenvalue weighted by Crippen LogP contribution is -2.35. The first-order valence-corrected chi connectivity index (χ1v) is 6.21. The van der Waals surface area contributed by atoms with Crippen LogP contribution in [-0.4, -0.2) is 28.4 Å². The van der Waals surface area contributed by atoms with Crippen LogP contribution < -0.4 is 5.32 Å². The summed E-state index contributed by atoms with van der Waals surface area (Å²) in [5.74, 6) is 1.40. The Balaban J connectivity index is 1.83. The van der Waals surface area contributed by atoms with Gasteiger partial charge in [-0.3, -0.25) is 0 Å². The van der Waals surface area contributed by atoms with Gasteiger partial charge in [-0.05, 0) is 33.6 Å². The third-order valence-electron chi connectivity index (χ3n) is 2.71. The standard InChI is InChI=1S/C12H21N3O2/c1-12(2,3)13-8-11-14-10(15-17-11)7-9-5-4-6-16-9/h9,13H,4-8H2,1-3H3. The van der Waals surface area contributed by atoms with E-state index in [2.05, 4.69) is 36.2 Å². The van der Waals surface area contributed by atoms with Crippen molar-refractivity contribution in [1.29, 1.82) is 0 Å². The van der Waals surface area contributed by atoms with Crippen LogP contribution in [0.5, 0.6) is 0 Å². The van der Waals surface area contributed by atoms with Crippen LogP contribution in [-0.2, 0) is 17.7 Å². The third kappa shape index (κ3) is 4.09. The van der Waals surface area contributed by atoms with E-state index in [-0.39, 0.29) is 11.6 Å². The summed E-state index contributed by atoms with van der Waals surface area (Å²) in [5, 5.41) is 7.29.